The van der Waals surface area contributed by atoms with Crippen LogP contribution in [0.15, 0.2) is 17.2 Å². The SMILES string of the molecule is O=S(=O)(c1cc(CO)n(C2CC2)c1)N1CCCCCC1. The molecule has 1 aromatic heterocycles. The number of rotatable bonds is 4. The number of aromatic nitrogens is 1. The molecular weight excluding hydrogens is 276 g/mol. The minimum Gasteiger partial charge on any atom is -0.390 e. The van der Waals surface area contributed by atoms with Crippen molar-refractivity contribution in [3.05, 3.63) is 18.0 Å². The fraction of sp³-hybridized carbons (Fsp3) is 0.714. The molecule has 1 saturated heterocycles. The monoisotopic (exact) mass is 298 g/mol. The third kappa shape index (κ3) is 2.64. The number of hydrogen-bond acceptors (Lipinski definition) is 3. The van der Waals surface area contributed by atoms with Crippen molar-refractivity contribution in [1.82, 2.24) is 8.87 Å². The fourth-order valence-corrected chi connectivity index (χ4v) is 4.46. The van der Waals surface area contributed by atoms with Gasteiger partial charge in [0.2, 0.25) is 10.0 Å². The van der Waals surface area contributed by atoms with E-state index in [4.69, 9.17) is 0 Å². The van der Waals surface area contributed by atoms with Gasteiger partial charge in [0.15, 0.2) is 0 Å². The zero-order valence-corrected chi connectivity index (χ0v) is 12.5. The van der Waals surface area contributed by atoms with Crippen LogP contribution in [0.4, 0.5) is 0 Å². The minimum atomic E-state index is -3.40. The predicted molar refractivity (Wildman–Crippen MR) is 75.9 cm³/mol. The average Bonchev–Trinajstić information content (AvgIpc) is 3.22. The van der Waals surface area contributed by atoms with Gasteiger partial charge in [0.1, 0.15) is 4.90 Å². The van der Waals surface area contributed by atoms with Gasteiger partial charge in [-0.15, -0.1) is 0 Å². The summed E-state index contributed by atoms with van der Waals surface area (Å²) < 4.78 is 28.9. The lowest BCUT2D eigenvalue weighted by molar-refractivity contribution is 0.270. The summed E-state index contributed by atoms with van der Waals surface area (Å²) in [6.07, 6.45) is 7.96. The highest BCUT2D eigenvalue weighted by Crippen LogP contribution is 2.37. The minimum absolute atomic E-state index is 0.105. The molecule has 0 amide bonds. The first kappa shape index (κ1) is 14.1. The van der Waals surface area contributed by atoms with Gasteiger partial charge in [-0.3, -0.25) is 0 Å². The Morgan fingerprint density at radius 2 is 1.80 bits per heavy atom. The van der Waals surface area contributed by atoms with Gasteiger partial charge in [0.05, 0.1) is 6.61 Å². The maximum atomic E-state index is 12.7. The summed E-state index contributed by atoms with van der Waals surface area (Å²) in [4.78, 5) is 0.343. The molecule has 0 atom stereocenters. The first-order chi connectivity index (χ1) is 9.63. The second kappa shape index (κ2) is 5.50. The number of sulfonamides is 1. The summed E-state index contributed by atoms with van der Waals surface area (Å²) in [5, 5.41) is 9.40. The Hall–Kier alpha value is -0.850. The van der Waals surface area contributed by atoms with Crippen molar-refractivity contribution >= 4 is 10.0 Å². The van der Waals surface area contributed by atoms with Crippen LogP contribution in [0, 0.1) is 0 Å². The smallest absolute Gasteiger partial charge is 0.244 e. The number of aliphatic hydroxyl groups is 1. The molecule has 1 aliphatic heterocycles. The summed E-state index contributed by atoms with van der Waals surface area (Å²) in [6, 6.07) is 2.02. The lowest BCUT2D eigenvalue weighted by Crippen LogP contribution is -2.31. The van der Waals surface area contributed by atoms with Gasteiger partial charge in [0, 0.05) is 31.0 Å². The maximum absolute atomic E-state index is 12.7. The summed E-state index contributed by atoms with van der Waals surface area (Å²) >= 11 is 0. The van der Waals surface area contributed by atoms with Gasteiger partial charge in [-0.05, 0) is 31.7 Å². The lowest BCUT2D eigenvalue weighted by Gasteiger charge is -2.18. The van der Waals surface area contributed by atoms with Crippen molar-refractivity contribution in [3.8, 4) is 0 Å². The zero-order chi connectivity index (χ0) is 14.2. The van der Waals surface area contributed by atoms with Gasteiger partial charge in [0.25, 0.3) is 0 Å². The molecule has 1 saturated carbocycles. The average molecular weight is 298 g/mol. The highest BCUT2D eigenvalue weighted by molar-refractivity contribution is 7.89. The lowest BCUT2D eigenvalue weighted by atomic mass is 10.2. The van der Waals surface area contributed by atoms with E-state index in [9.17, 15) is 13.5 Å². The predicted octanol–water partition coefficient (Wildman–Crippen LogP) is 1.88. The van der Waals surface area contributed by atoms with E-state index in [0.717, 1.165) is 38.5 Å². The molecule has 1 aromatic rings. The second-order valence-electron chi connectivity index (χ2n) is 5.78. The van der Waals surface area contributed by atoms with Crippen LogP contribution in [-0.2, 0) is 16.6 Å². The number of nitrogens with zero attached hydrogens (tertiary/aromatic N) is 2. The summed E-state index contributed by atoms with van der Waals surface area (Å²) in [7, 11) is -3.40. The van der Waals surface area contributed by atoms with E-state index in [1.165, 1.54) is 0 Å². The zero-order valence-electron chi connectivity index (χ0n) is 11.7. The normalized spacial score (nSPS) is 21.9. The third-order valence-corrected chi connectivity index (χ3v) is 6.08. The Kier molecular flexibility index (Phi) is 3.88. The van der Waals surface area contributed by atoms with Crippen LogP contribution in [0.2, 0.25) is 0 Å². The molecule has 0 bridgehead atoms. The molecule has 6 heteroatoms. The van der Waals surface area contributed by atoms with E-state index in [1.54, 1.807) is 16.6 Å². The van der Waals surface area contributed by atoms with Crippen molar-refractivity contribution in [3.63, 3.8) is 0 Å². The highest BCUT2D eigenvalue weighted by Gasteiger charge is 2.31. The van der Waals surface area contributed by atoms with Crippen LogP contribution in [0.5, 0.6) is 0 Å². The second-order valence-corrected chi connectivity index (χ2v) is 7.72. The Morgan fingerprint density at radius 1 is 1.15 bits per heavy atom. The van der Waals surface area contributed by atoms with E-state index in [2.05, 4.69) is 0 Å². The molecule has 2 heterocycles. The van der Waals surface area contributed by atoms with E-state index in [-0.39, 0.29) is 6.61 Å². The van der Waals surface area contributed by atoms with Crippen molar-refractivity contribution in [2.75, 3.05) is 13.1 Å². The molecule has 1 aliphatic carbocycles. The number of hydrogen-bond donors (Lipinski definition) is 1. The van der Waals surface area contributed by atoms with Crippen LogP contribution >= 0.6 is 0 Å². The Bertz CT molecular complexity index is 567. The maximum Gasteiger partial charge on any atom is 0.244 e. The van der Waals surface area contributed by atoms with Crippen LogP contribution < -0.4 is 0 Å². The summed E-state index contributed by atoms with van der Waals surface area (Å²) in [5.74, 6) is 0. The topological polar surface area (TPSA) is 62.5 Å². The van der Waals surface area contributed by atoms with Gasteiger partial charge in [-0.1, -0.05) is 12.8 Å². The molecule has 0 unspecified atom stereocenters. The Balaban J connectivity index is 1.89. The Labute approximate surface area is 120 Å². The quantitative estimate of drug-likeness (QED) is 0.923. The van der Waals surface area contributed by atoms with E-state index in [0.29, 0.717) is 29.7 Å². The first-order valence-corrected chi connectivity index (χ1v) is 8.88. The van der Waals surface area contributed by atoms with Crippen molar-refractivity contribution in [2.45, 2.75) is 56.1 Å². The van der Waals surface area contributed by atoms with Crippen LogP contribution in [0.3, 0.4) is 0 Å². The van der Waals surface area contributed by atoms with Crippen molar-refractivity contribution in [1.29, 1.82) is 0 Å². The van der Waals surface area contributed by atoms with Gasteiger partial charge < -0.3 is 9.67 Å². The molecule has 3 rings (SSSR count). The van der Waals surface area contributed by atoms with E-state index < -0.39 is 10.0 Å². The molecule has 0 aromatic carbocycles. The summed E-state index contributed by atoms with van der Waals surface area (Å²) in [6.45, 7) is 1.13. The molecule has 5 nitrogen and oxygen atoms in total. The molecule has 0 radical (unpaired) electrons. The number of aliphatic hydroxyl groups excluding tert-OH is 1. The fourth-order valence-electron chi connectivity index (χ4n) is 2.89. The summed E-state index contributed by atoms with van der Waals surface area (Å²) in [5.41, 5.74) is 0.709. The molecule has 0 spiro atoms. The van der Waals surface area contributed by atoms with Crippen LogP contribution in [0.1, 0.15) is 50.3 Å². The van der Waals surface area contributed by atoms with Crippen LogP contribution in [0.25, 0.3) is 0 Å². The van der Waals surface area contributed by atoms with Crippen LogP contribution in [-0.4, -0.2) is 35.5 Å². The third-order valence-electron chi connectivity index (χ3n) is 4.21. The molecule has 20 heavy (non-hydrogen) atoms. The van der Waals surface area contributed by atoms with Crippen molar-refractivity contribution < 1.29 is 13.5 Å². The van der Waals surface area contributed by atoms with Gasteiger partial charge in [-0.2, -0.15) is 4.31 Å². The van der Waals surface area contributed by atoms with Crippen molar-refractivity contribution in [2.24, 2.45) is 0 Å². The van der Waals surface area contributed by atoms with Gasteiger partial charge in [-0.25, -0.2) is 8.42 Å². The standard InChI is InChI=1S/C14H22N2O3S/c17-11-13-9-14(10-16(13)12-5-6-12)20(18,19)15-7-3-1-2-4-8-15/h9-10,12,17H,1-8,11H2. The first-order valence-electron chi connectivity index (χ1n) is 7.44. The molecule has 2 aliphatic rings. The molecule has 2 fully saturated rings. The Morgan fingerprint density at radius 3 is 2.35 bits per heavy atom. The molecule has 1 N–H and O–H groups in total. The van der Waals surface area contributed by atoms with Gasteiger partial charge >= 0.3 is 0 Å². The largest absolute Gasteiger partial charge is 0.390 e. The molecule has 112 valence electrons. The van der Waals surface area contributed by atoms with E-state index >= 15 is 0 Å². The highest BCUT2D eigenvalue weighted by atomic mass is 32.2. The van der Waals surface area contributed by atoms with E-state index in [1.807, 2.05) is 4.57 Å². The molecular formula is C14H22N2O3S.